The molecule has 0 aliphatic heterocycles. The smallest absolute Gasteiger partial charge is 0.319 e. The summed E-state index contributed by atoms with van der Waals surface area (Å²) in [5, 5.41) is 12.8. The van der Waals surface area contributed by atoms with Crippen LogP contribution in [0.4, 0.5) is 10.5 Å². The van der Waals surface area contributed by atoms with Gasteiger partial charge in [0.1, 0.15) is 0 Å². The Morgan fingerprint density at radius 1 is 1.39 bits per heavy atom. The quantitative estimate of drug-likeness (QED) is 0.475. The molecule has 1 atom stereocenters. The molecule has 5 N–H and O–H groups in total. The number of carbonyl (C=O) groups excluding carboxylic acids is 1. The number of hydrogen-bond acceptors (Lipinski definition) is 2. The Kier molecular flexibility index (Phi) is 5.17. The van der Waals surface area contributed by atoms with Crippen LogP contribution in [0.2, 0.25) is 0 Å². The van der Waals surface area contributed by atoms with Gasteiger partial charge in [-0.05, 0) is 25.5 Å². The Morgan fingerprint density at radius 2 is 2.00 bits per heavy atom. The lowest BCUT2D eigenvalue weighted by Gasteiger charge is -2.16. The van der Waals surface area contributed by atoms with Crippen molar-refractivity contribution in [3.05, 3.63) is 29.8 Å². The van der Waals surface area contributed by atoms with Gasteiger partial charge in [-0.3, -0.25) is 5.41 Å². The van der Waals surface area contributed by atoms with Gasteiger partial charge in [-0.15, -0.1) is 0 Å². The van der Waals surface area contributed by atoms with Crippen molar-refractivity contribution in [2.24, 2.45) is 5.73 Å². The zero-order chi connectivity index (χ0) is 13.5. The third-order valence-corrected chi connectivity index (χ3v) is 2.60. The summed E-state index contributed by atoms with van der Waals surface area (Å²) in [6.45, 7) is 3.93. The minimum atomic E-state index is -0.271. The molecular formula is C13H20N4O. The largest absolute Gasteiger partial charge is 0.388 e. The highest BCUT2D eigenvalue weighted by molar-refractivity contribution is 5.90. The fourth-order valence-electron chi connectivity index (χ4n) is 1.55. The molecule has 0 heterocycles. The molecule has 1 unspecified atom stereocenters. The van der Waals surface area contributed by atoms with Crippen molar-refractivity contribution < 1.29 is 4.79 Å². The zero-order valence-electron chi connectivity index (χ0n) is 10.8. The standard InChI is InChI=1S/C13H20N4O/c1-3-10(8-12(14)15)16-13(18)17-11-6-4-9(2)5-7-11/h4-7,10H,3,8H2,1-2H3,(H3,14,15)(H2,16,17,18). The van der Waals surface area contributed by atoms with Crippen LogP contribution in [0.25, 0.3) is 0 Å². The first-order valence-corrected chi connectivity index (χ1v) is 5.98. The lowest BCUT2D eigenvalue weighted by Crippen LogP contribution is -2.39. The zero-order valence-corrected chi connectivity index (χ0v) is 10.8. The van der Waals surface area contributed by atoms with Gasteiger partial charge in [0.15, 0.2) is 0 Å². The molecule has 98 valence electrons. The molecular weight excluding hydrogens is 228 g/mol. The van der Waals surface area contributed by atoms with E-state index >= 15 is 0 Å². The molecule has 0 spiro atoms. The van der Waals surface area contributed by atoms with Crippen LogP contribution in [0.15, 0.2) is 24.3 Å². The second-order valence-corrected chi connectivity index (χ2v) is 4.30. The molecule has 18 heavy (non-hydrogen) atoms. The number of rotatable bonds is 5. The van der Waals surface area contributed by atoms with Crippen LogP contribution in [0.3, 0.4) is 0 Å². The van der Waals surface area contributed by atoms with Crippen LogP contribution < -0.4 is 16.4 Å². The summed E-state index contributed by atoms with van der Waals surface area (Å²) in [4.78, 5) is 11.7. The monoisotopic (exact) mass is 248 g/mol. The molecule has 0 radical (unpaired) electrons. The number of benzene rings is 1. The maximum Gasteiger partial charge on any atom is 0.319 e. The average molecular weight is 248 g/mol. The van der Waals surface area contributed by atoms with E-state index in [9.17, 15) is 4.79 Å². The molecule has 2 amide bonds. The third kappa shape index (κ3) is 4.86. The summed E-state index contributed by atoms with van der Waals surface area (Å²) in [6.07, 6.45) is 1.11. The van der Waals surface area contributed by atoms with Gasteiger partial charge in [-0.2, -0.15) is 0 Å². The van der Waals surface area contributed by atoms with E-state index in [-0.39, 0.29) is 17.9 Å². The van der Waals surface area contributed by atoms with Crippen LogP contribution in [0.1, 0.15) is 25.3 Å². The molecule has 5 heteroatoms. The van der Waals surface area contributed by atoms with Crippen LogP contribution >= 0.6 is 0 Å². The molecule has 0 fully saturated rings. The number of anilines is 1. The predicted octanol–water partition coefficient (Wildman–Crippen LogP) is 2.22. The first kappa shape index (κ1) is 14.0. The Balaban J connectivity index is 2.49. The van der Waals surface area contributed by atoms with Gasteiger partial charge in [-0.25, -0.2) is 4.79 Å². The van der Waals surface area contributed by atoms with Gasteiger partial charge in [0, 0.05) is 18.2 Å². The summed E-state index contributed by atoms with van der Waals surface area (Å²) in [7, 11) is 0. The summed E-state index contributed by atoms with van der Waals surface area (Å²) in [5.41, 5.74) is 7.21. The second kappa shape index (κ2) is 6.64. The molecule has 0 aromatic heterocycles. The van der Waals surface area contributed by atoms with E-state index in [0.717, 1.165) is 17.7 Å². The number of urea groups is 1. The van der Waals surface area contributed by atoms with Crippen molar-refractivity contribution >= 4 is 17.6 Å². The maximum atomic E-state index is 11.7. The number of hydrogen-bond donors (Lipinski definition) is 4. The Hall–Kier alpha value is -2.04. The fraction of sp³-hybridized carbons (Fsp3) is 0.385. The maximum absolute atomic E-state index is 11.7. The lowest BCUT2D eigenvalue weighted by atomic mass is 10.1. The van der Waals surface area contributed by atoms with Crippen molar-refractivity contribution in [2.45, 2.75) is 32.7 Å². The van der Waals surface area contributed by atoms with Crippen molar-refractivity contribution in [3.8, 4) is 0 Å². The molecule has 0 aliphatic rings. The summed E-state index contributed by atoms with van der Waals surface area (Å²) in [6, 6.07) is 7.19. The topological polar surface area (TPSA) is 91.0 Å². The highest BCUT2D eigenvalue weighted by Crippen LogP contribution is 2.08. The van der Waals surface area contributed by atoms with Gasteiger partial charge in [0.2, 0.25) is 0 Å². The number of amides is 2. The number of nitrogens with two attached hydrogens (primary N) is 1. The van der Waals surface area contributed by atoms with Gasteiger partial charge in [0.25, 0.3) is 0 Å². The highest BCUT2D eigenvalue weighted by Gasteiger charge is 2.11. The van der Waals surface area contributed by atoms with E-state index in [0.29, 0.717) is 6.42 Å². The van der Waals surface area contributed by atoms with Gasteiger partial charge in [0.05, 0.1) is 5.84 Å². The molecule has 1 aromatic rings. The molecule has 1 rings (SSSR count). The van der Waals surface area contributed by atoms with Crippen molar-refractivity contribution in [1.29, 1.82) is 5.41 Å². The van der Waals surface area contributed by atoms with E-state index in [1.165, 1.54) is 0 Å². The second-order valence-electron chi connectivity index (χ2n) is 4.30. The lowest BCUT2D eigenvalue weighted by molar-refractivity contribution is 0.248. The Bertz CT molecular complexity index is 414. The average Bonchev–Trinajstić information content (AvgIpc) is 2.30. The van der Waals surface area contributed by atoms with E-state index in [4.69, 9.17) is 11.1 Å². The molecule has 1 aromatic carbocycles. The summed E-state index contributed by atoms with van der Waals surface area (Å²) < 4.78 is 0. The van der Waals surface area contributed by atoms with Crippen LogP contribution in [0, 0.1) is 12.3 Å². The minimum Gasteiger partial charge on any atom is -0.388 e. The summed E-state index contributed by atoms with van der Waals surface area (Å²) >= 11 is 0. The third-order valence-electron chi connectivity index (χ3n) is 2.60. The fourth-order valence-corrected chi connectivity index (χ4v) is 1.55. The number of amidine groups is 1. The first-order chi connectivity index (χ1) is 8.51. The van der Waals surface area contributed by atoms with Crippen molar-refractivity contribution in [1.82, 2.24) is 5.32 Å². The van der Waals surface area contributed by atoms with Crippen molar-refractivity contribution in [3.63, 3.8) is 0 Å². The van der Waals surface area contributed by atoms with Crippen LogP contribution in [-0.2, 0) is 0 Å². The highest BCUT2D eigenvalue weighted by atomic mass is 16.2. The summed E-state index contributed by atoms with van der Waals surface area (Å²) in [5.74, 6) is 0.0810. The number of aryl methyl sites for hydroxylation is 1. The van der Waals surface area contributed by atoms with E-state index in [1.54, 1.807) is 0 Å². The van der Waals surface area contributed by atoms with E-state index in [2.05, 4.69) is 10.6 Å². The molecule has 0 saturated carbocycles. The number of carbonyl (C=O) groups is 1. The van der Waals surface area contributed by atoms with Crippen LogP contribution in [-0.4, -0.2) is 17.9 Å². The Morgan fingerprint density at radius 3 is 2.50 bits per heavy atom. The van der Waals surface area contributed by atoms with Gasteiger partial charge >= 0.3 is 6.03 Å². The molecule has 0 saturated heterocycles. The van der Waals surface area contributed by atoms with E-state index < -0.39 is 0 Å². The van der Waals surface area contributed by atoms with E-state index in [1.807, 2.05) is 38.1 Å². The first-order valence-electron chi connectivity index (χ1n) is 5.98. The van der Waals surface area contributed by atoms with Gasteiger partial charge in [-0.1, -0.05) is 24.6 Å². The molecule has 0 aliphatic carbocycles. The Labute approximate surface area is 107 Å². The van der Waals surface area contributed by atoms with Crippen molar-refractivity contribution in [2.75, 3.05) is 5.32 Å². The normalized spacial score (nSPS) is 11.7. The predicted molar refractivity (Wildman–Crippen MR) is 73.9 cm³/mol. The van der Waals surface area contributed by atoms with Crippen LogP contribution in [0.5, 0.6) is 0 Å². The minimum absolute atomic E-state index is 0.0810. The molecule has 5 nitrogen and oxygen atoms in total. The van der Waals surface area contributed by atoms with Gasteiger partial charge < -0.3 is 16.4 Å². The molecule has 0 bridgehead atoms. The number of nitrogens with one attached hydrogen (secondary N) is 3. The SMILES string of the molecule is CCC(CC(=N)N)NC(=O)Nc1ccc(C)cc1.